The lowest BCUT2D eigenvalue weighted by atomic mass is 10.2. The maximum Gasteiger partial charge on any atom is 0.193 e. The van der Waals surface area contributed by atoms with Crippen molar-refractivity contribution >= 4 is 19.9 Å². The summed E-state index contributed by atoms with van der Waals surface area (Å²) in [5.41, 5.74) is 0. The Kier molecular flexibility index (Phi) is 4.64. The molecule has 0 aromatic carbocycles. The maximum atomic E-state index is 8.89. The van der Waals surface area contributed by atoms with Gasteiger partial charge in [0.1, 0.15) is 6.10 Å². The van der Waals surface area contributed by atoms with Crippen LogP contribution in [0.4, 0.5) is 0 Å². The molecule has 0 N–H and O–H groups in total. The van der Waals surface area contributed by atoms with Gasteiger partial charge in [0.15, 0.2) is 8.32 Å². The molecule has 2 nitrogen and oxygen atoms in total. The van der Waals surface area contributed by atoms with Crippen LogP contribution in [0.15, 0.2) is 0 Å². The molecule has 0 amide bonds. The van der Waals surface area contributed by atoms with E-state index in [0.717, 1.165) is 0 Å². The highest BCUT2D eigenvalue weighted by Crippen LogP contribution is 2.37. The number of halogens is 1. The van der Waals surface area contributed by atoms with Crippen LogP contribution >= 0.6 is 11.6 Å². The number of hydrogen-bond donors (Lipinski definition) is 0. The van der Waals surface area contributed by atoms with E-state index in [2.05, 4.69) is 39.9 Å². The molecule has 0 fully saturated rings. The SMILES string of the molecule is CC(Cl)C(C#N)O[Si](C)(C)C(C)(C)C. The van der Waals surface area contributed by atoms with E-state index in [4.69, 9.17) is 21.3 Å². The van der Waals surface area contributed by atoms with Crippen molar-refractivity contribution in [3.63, 3.8) is 0 Å². The summed E-state index contributed by atoms with van der Waals surface area (Å²) >= 11 is 5.87. The maximum absolute atomic E-state index is 8.89. The Labute approximate surface area is 93.3 Å². The van der Waals surface area contributed by atoms with Crippen LogP contribution in [0.2, 0.25) is 18.1 Å². The molecule has 0 saturated carbocycles. The van der Waals surface area contributed by atoms with E-state index in [9.17, 15) is 0 Å². The number of nitrogens with zero attached hydrogens (tertiary/aromatic N) is 1. The second-order valence-corrected chi connectivity index (χ2v) is 10.6. The Balaban J connectivity index is 4.59. The van der Waals surface area contributed by atoms with Crippen LogP contribution in [0.25, 0.3) is 0 Å². The van der Waals surface area contributed by atoms with Crippen molar-refractivity contribution in [2.24, 2.45) is 0 Å². The van der Waals surface area contributed by atoms with Gasteiger partial charge in [-0.2, -0.15) is 5.26 Å². The van der Waals surface area contributed by atoms with Crippen molar-refractivity contribution in [3.8, 4) is 6.07 Å². The van der Waals surface area contributed by atoms with Crippen LogP contribution in [0.5, 0.6) is 0 Å². The summed E-state index contributed by atoms with van der Waals surface area (Å²) in [5.74, 6) is 0. The van der Waals surface area contributed by atoms with E-state index in [1.165, 1.54) is 0 Å². The van der Waals surface area contributed by atoms with E-state index < -0.39 is 14.4 Å². The first kappa shape index (κ1) is 14.0. The lowest BCUT2D eigenvalue weighted by molar-refractivity contribution is 0.230. The predicted octanol–water partition coefficient (Wildman–Crippen LogP) is 3.53. The van der Waals surface area contributed by atoms with E-state index >= 15 is 0 Å². The minimum absolute atomic E-state index is 0.119. The van der Waals surface area contributed by atoms with Gasteiger partial charge in [-0.05, 0) is 25.1 Å². The van der Waals surface area contributed by atoms with Gasteiger partial charge in [-0.1, -0.05) is 20.8 Å². The van der Waals surface area contributed by atoms with Crippen molar-refractivity contribution in [1.82, 2.24) is 0 Å². The Morgan fingerprint density at radius 2 is 1.79 bits per heavy atom. The fourth-order valence-corrected chi connectivity index (χ4v) is 2.16. The fourth-order valence-electron chi connectivity index (χ4n) is 0.717. The zero-order valence-corrected chi connectivity index (χ0v) is 11.6. The molecule has 0 radical (unpaired) electrons. The van der Waals surface area contributed by atoms with E-state index in [1.807, 2.05) is 0 Å². The molecule has 4 heteroatoms. The summed E-state index contributed by atoms with van der Waals surface area (Å²) in [6, 6.07) is 2.11. The van der Waals surface area contributed by atoms with Crippen LogP contribution < -0.4 is 0 Å². The van der Waals surface area contributed by atoms with E-state index in [1.54, 1.807) is 6.92 Å². The monoisotopic (exact) mass is 233 g/mol. The van der Waals surface area contributed by atoms with Gasteiger partial charge in [0.2, 0.25) is 0 Å². The average molecular weight is 234 g/mol. The van der Waals surface area contributed by atoms with Crippen molar-refractivity contribution in [2.75, 3.05) is 0 Å². The molecular formula is C10H20ClNOSi. The summed E-state index contributed by atoms with van der Waals surface area (Å²) in [6.07, 6.45) is -0.488. The van der Waals surface area contributed by atoms with Gasteiger partial charge in [-0.15, -0.1) is 11.6 Å². The van der Waals surface area contributed by atoms with Crippen molar-refractivity contribution in [3.05, 3.63) is 0 Å². The third kappa shape index (κ3) is 3.60. The standard InChI is InChI=1S/C10H20ClNOSi/c1-8(11)9(7-12)13-14(5,6)10(2,3)4/h8-9H,1-6H3. The minimum atomic E-state index is -1.86. The molecule has 82 valence electrons. The molecule has 0 bridgehead atoms. The molecule has 0 heterocycles. The minimum Gasteiger partial charge on any atom is -0.400 e. The quantitative estimate of drug-likeness (QED) is 0.552. The van der Waals surface area contributed by atoms with Gasteiger partial charge in [0, 0.05) is 0 Å². The molecule has 0 aliphatic carbocycles. The van der Waals surface area contributed by atoms with Crippen molar-refractivity contribution in [2.45, 2.75) is 57.3 Å². The Hall–Kier alpha value is -0.0431. The van der Waals surface area contributed by atoms with Crippen LogP contribution in [-0.4, -0.2) is 19.8 Å². The van der Waals surface area contributed by atoms with Crippen LogP contribution in [0, 0.1) is 11.3 Å². The molecule has 0 rings (SSSR count). The van der Waals surface area contributed by atoms with Crippen LogP contribution in [0.3, 0.4) is 0 Å². The Morgan fingerprint density at radius 1 is 1.36 bits per heavy atom. The van der Waals surface area contributed by atoms with Crippen molar-refractivity contribution < 1.29 is 4.43 Å². The van der Waals surface area contributed by atoms with Crippen LogP contribution in [-0.2, 0) is 4.43 Å². The molecular weight excluding hydrogens is 214 g/mol. The molecule has 2 atom stereocenters. The number of rotatable bonds is 3. The third-order valence-electron chi connectivity index (χ3n) is 2.77. The summed E-state index contributed by atoms with van der Waals surface area (Å²) in [5, 5.41) is 8.75. The molecule has 0 aliphatic rings. The molecule has 14 heavy (non-hydrogen) atoms. The highest BCUT2D eigenvalue weighted by Gasteiger charge is 2.40. The molecule has 2 unspecified atom stereocenters. The van der Waals surface area contributed by atoms with Gasteiger partial charge in [-0.3, -0.25) is 0 Å². The zero-order valence-electron chi connectivity index (χ0n) is 9.89. The van der Waals surface area contributed by atoms with Gasteiger partial charge in [-0.25, -0.2) is 0 Å². The average Bonchev–Trinajstić information content (AvgIpc) is 1.97. The van der Waals surface area contributed by atoms with E-state index in [-0.39, 0.29) is 10.4 Å². The molecule has 0 spiro atoms. The molecule has 0 aromatic heterocycles. The molecule has 0 saturated heterocycles. The normalized spacial score (nSPS) is 17.3. The van der Waals surface area contributed by atoms with Gasteiger partial charge in [0.25, 0.3) is 0 Å². The first-order valence-electron chi connectivity index (χ1n) is 4.83. The first-order chi connectivity index (χ1) is 6.12. The summed E-state index contributed by atoms with van der Waals surface area (Å²) in [4.78, 5) is 0. The predicted molar refractivity (Wildman–Crippen MR) is 63.0 cm³/mol. The third-order valence-corrected chi connectivity index (χ3v) is 7.46. The summed E-state index contributed by atoms with van der Waals surface area (Å²) in [6.45, 7) is 12.5. The van der Waals surface area contributed by atoms with Crippen molar-refractivity contribution in [1.29, 1.82) is 5.26 Å². The highest BCUT2D eigenvalue weighted by atomic mass is 35.5. The largest absolute Gasteiger partial charge is 0.400 e. The molecule has 0 aromatic rings. The lowest BCUT2D eigenvalue weighted by Gasteiger charge is -2.38. The smallest absolute Gasteiger partial charge is 0.193 e. The number of nitriles is 1. The Bertz CT molecular complexity index is 227. The summed E-state index contributed by atoms with van der Waals surface area (Å²) in [7, 11) is -1.86. The van der Waals surface area contributed by atoms with E-state index in [0.29, 0.717) is 0 Å². The Morgan fingerprint density at radius 3 is 2.00 bits per heavy atom. The second-order valence-electron chi connectivity index (χ2n) is 5.11. The van der Waals surface area contributed by atoms with Gasteiger partial charge in [0.05, 0.1) is 11.4 Å². The summed E-state index contributed by atoms with van der Waals surface area (Å²) < 4.78 is 5.86. The first-order valence-corrected chi connectivity index (χ1v) is 8.18. The zero-order chi connectivity index (χ0) is 11.6. The van der Waals surface area contributed by atoms with Crippen LogP contribution in [0.1, 0.15) is 27.7 Å². The molecule has 0 aliphatic heterocycles. The number of alkyl halides is 1. The topological polar surface area (TPSA) is 33.0 Å². The fraction of sp³-hybridized carbons (Fsp3) is 0.900. The van der Waals surface area contributed by atoms with Gasteiger partial charge < -0.3 is 4.43 Å². The number of hydrogen-bond acceptors (Lipinski definition) is 2. The van der Waals surface area contributed by atoms with Gasteiger partial charge >= 0.3 is 0 Å². The lowest BCUT2D eigenvalue weighted by Crippen LogP contribution is -2.45. The highest BCUT2D eigenvalue weighted by molar-refractivity contribution is 6.74. The second kappa shape index (κ2) is 4.65.